The molecule has 9 N–H and O–H groups in total. The van der Waals surface area contributed by atoms with E-state index in [9.17, 15) is 4.79 Å². The molecule has 0 aromatic heterocycles. The van der Waals surface area contributed by atoms with Crippen LogP contribution in [0.4, 0.5) is 0 Å². The molecular formula is C9H21NO8. The molecule has 0 aromatic rings. The molecule has 0 saturated carbocycles. The lowest BCUT2D eigenvalue weighted by Crippen LogP contribution is -2.50. The Morgan fingerprint density at radius 3 is 1.56 bits per heavy atom. The van der Waals surface area contributed by atoms with E-state index in [1.807, 2.05) is 0 Å². The maximum absolute atomic E-state index is 9.76. The smallest absolute Gasteiger partial charge is 0.151 e. The zero-order chi connectivity index (χ0) is 14.8. The summed E-state index contributed by atoms with van der Waals surface area (Å²) in [4.78, 5) is 9.76. The van der Waals surface area contributed by atoms with Gasteiger partial charge < -0.3 is 46.3 Å². The maximum Gasteiger partial charge on any atom is 0.151 e. The minimum Gasteiger partial charge on any atom is -0.394 e. The molecule has 0 aromatic carbocycles. The summed E-state index contributed by atoms with van der Waals surface area (Å²) in [6, 6.07) is 0. The number of carbonyl (C=O) groups excluding carboxylic acids is 1. The topological polar surface area (TPSA) is 185 Å². The Labute approximate surface area is 104 Å². The molecule has 0 spiro atoms. The van der Waals surface area contributed by atoms with Gasteiger partial charge in [0.05, 0.1) is 32.0 Å². The monoisotopic (exact) mass is 271 g/mol. The SMILES string of the molecule is NC(CO)(CO)CO.O=C[C@@H](O)[C@H](O)[C@H](O)CO. The van der Waals surface area contributed by atoms with Gasteiger partial charge in [0, 0.05) is 0 Å². The van der Waals surface area contributed by atoms with Crippen LogP contribution >= 0.6 is 0 Å². The van der Waals surface area contributed by atoms with Crippen LogP contribution in [0.2, 0.25) is 0 Å². The average Bonchev–Trinajstić information content (AvgIpc) is 2.44. The van der Waals surface area contributed by atoms with Crippen LogP contribution in [-0.4, -0.2) is 92.3 Å². The molecule has 0 heterocycles. The number of hydrogen-bond donors (Lipinski definition) is 8. The van der Waals surface area contributed by atoms with Gasteiger partial charge in [-0.05, 0) is 0 Å². The van der Waals surface area contributed by atoms with E-state index in [-0.39, 0.29) is 6.29 Å². The molecular weight excluding hydrogens is 250 g/mol. The van der Waals surface area contributed by atoms with E-state index in [4.69, 9.17) is 41.5 Å². The molecule has 0 radical (unpaired) electrons. The third-order valence-corrected chi connectivity index (χ3v) is 2.02. The Kier molecular flexibility index (Phi) is 11.3. The lowest BCUT2D eigenvalue weighted by atomic mass is 10.1. The van der Waals surface area contributed by atoms with E-state index >= 15 is 0 Å². The second kappa shape index (κ2) is 10.3. The fourth-order valence-corrected chi connectivity index (χ4v) is 0.566. The van der Waals surface area contributed by atoms with Gasteiger partial charge in [0.15, 0.2) is 6.29 Å². The normalized spacial score (nSPS) is 16.2. The van der Waals surface area contributed by atoms with Crippen LogP contribution in [0.15, 0.2) is 0 Å². The number of nitrogens with two attached hydrogens (primary N) is 1. The van der Waals surface area contributed by atoms with E-state index in [2.05, 4.69) is 0 Å². The van der Waals surface area contributed by atoms with Crippen LogP contribution in [0.3, 0.4) is 0 Å². The zero-order valence-corrected chi connectivity index (χ0v) is 9.75. The Morgan fingerprint density at radius 2 is 1.39 bits per heavy atom. The van der Waals surface area contributed by atoms with Crippen molar-refractivity contribution in [2.75, 3.05) is 26.4 Å². The summed E-state index contributed by atoms with van der Waals surface area (Å²) in [5.74, 6) is 0. The molecule has 110 valence electrons. The Hall–Kier alpha value is -0.650. The van der Waals surface area contributed by atoms with Crippen LogP contribution in [0.1, 0.15) is 0 Å². The molecule has 0 aliphatic carbocycles. The van der Waals surface area contributed by atoms with Crippen molar-refractivity contribution in [3.63, 3.8) is 0 Å². The minimum atomic E-state index is -1.64. The first-order valence-corrected chi connectivity index (χ1v) is 5.03. The summed E-state index contributed by atoms with van der Waals surface area (Å²) in [6.07, 6.45) is -4.63. The summed E-state index contributed by atoms with van der Waals surface area (Å²) in [5.41, 5.74) is 3.94. The first-order chi connectivity index (χ1) is 8.31. The number of rotatable bonds is 7. The van der Waals surface area contributed by atoms with Crippen molar-refractivity contribution in [2.45, 2.75) is 23.9 Å². The molecule has 9 heteroatoms. The summed E-state index contributed by atoms with van der Waals surface area (Å²) in [6.45, 7) is -1.90. The molecule has 0 saturated heterocycles. The van der Waals surface area contributed by atoms with E-state index < -0.39 is 50.3 Å². The lowest BCUT2D eigenvalue weighted by molar-refractivity contribution is -0.127. The lowest BCUT2D eigenvalue weighted by Gasteiger charge is -2.20. The predicted molar refractivity (Wildman–Crippen MR) is 59.3 cm³/mol. The Morgan fingerprint density at radius 1 is 1.00 bits per heavy atom. The van der Waals surface area contributed by atoms with Crippen molar-refractivity contribution in [3.8, 4) is 0 Å². The van der Waals surface area contributed by atoms with Gasteiger partial charge in [0.2, 0.25) is 0 Å². The molecule has 18 heavy (non-hydrogen) atoms. The van der Waals surface area contributed by atoms with Crippen LogP contribution in [0, 0.1) is 0 Å². The van der Waals surface area contributed by atoms with Gasteiger partial charge in [-0.1, -0.05) is 0 Å². The van der Waals surface area contributed by atoms with Gasteiger partial charge in [0.1, 0.15) is 18.3 Å². The van der Waals surface area contributed by atoms with Crippen molar-refractivity contribution in [1.29, 1.82) is 0 Å². The number of carbonyl (C=O) groups is 1. The second-order valence-corrected chi connectivity index (χ2v) is 3.70. The van der Waals surface area contributed by atoms with Gasteiger partial charge in [-0.3, -0.25) is 0 Å². The molecule has 3 atom stereocenters. The van der Waals surface area contributed by atoms with Gasteiger partial charge in [0.25, 0.3) is 0 Å². The molecule has 9 nitrogen and oxygen atoms in total. The Balaban J connectivity index is 0. The van der Waals surface area contributed by atoms with Crippen LogP contribution in [0.25, 0.3) is 0 Å². The largest absolute Gasteiger partial charge is 0.394 e. The number of hydrogen-bond acceptors (Lipinski definition) is 9. The highest BCUT2D eigenvalue weighted by molar-refractivity contribution is 5.56. The summed E-state index contributed by atoms with van der Waals surface area (Å²) in [5, 5.41) is 59.1. The summed E-state index contributed by atoms with van der Waals surface area (Å²) in [7, 11) is 0. The fraction of sp³-hybridized carbons (Fsp3) is 0.889. The van der Waals surface area contributed by atoms with E-state index in [1.54, 1.807) is 0 Å². The van der Waals surface area contributed by atoms with Gasteiger partial charge in [-0.15, -0.1) is 0 Å². The molecule has 0 aliphatic rings. The summed E-state index contributed by atoms with van der Waals surface area (Å²) >= 11 is 0. The van der Waals surface area contributed by atoms with Crippen molar-refractivity contribution in [1.82, 2.24) is 0 Å². The van der Waals surface area contributed by atoms with E-state index in [1.165, 1.54) is 0 Å². The van der Waals surface area contributed by atoms with Crippen LogP contribution < -0.4 is 5.73 Å². The number of aldehydes is 1. The van der Waals surface area contributed by atoms with Gasteiger partial charge >= 0.3 is 0 Å². The van der Waals surface area contributed by atoms with Crippen molar-refractivity contribution >= 4 is 6.29 Å². The quantitative estimate of drug-likeness (QED) is 0.210. The number of aliphatic hydroxyl groups excluding tert-OH is 7. The first kappa shape index (κ1) is 19.7. The molecule has 0 unspecified atom stereocenters. The highest BCUT2D eigenvalue weighted by Crippen LogP contribution is 1.96. The van der Waals surface area contributed by atoms with Crippen molar-refractivity contribution < 1.29 is 40.5 Å². The first-order valence-electron chi connectivity index (χ1n) is 5.03. The summed E-state index contributed by atoms with van der Waals surface area (Å²) < 4.78 is 0. The van der Waals surface area contributed by atoms with Gasteiger partial charge in [-0.25, -0.2) is 0 Å². The number of aliphatic hydroxyl groups is 7. The molecule has 0 aliphatic heterocycles. The molecule has 0 rings (SSSR count). The fourth-order valence-electron chi connectivity index (χ4n) is 0.566. The van der Waals surface area contributed by atoms with Crippen LogP contribution in [0.5, 0.6) is 0 Å². The van der Waals surface area contributed by atoms with Crippen molar-refractivity contribution in [3.05, 3.63) is 0 Å². The average molecular weight is 271 g/mol. The maximum atomic E-state index is 9.76. The second-order valence-electron chi connectivity index (χ2n) is 3.70. The van der Waals surface area contributed by atoms with Gasteiger partial charge in [-0.2, -0.15) is 0 Å². The molecule has 0 fully saturated rings. The molecule has 0 amide bonds. The molecule has 0 bridgehead atoms. The predicted octanol–water partition coefficient (Wildman–Crippen LogP) is -5.08. The Bertz CT molecular complexity index is 202. The van der Waals surface area contributed by atoms with E-state index in [0.717, 1.165) is 0 Å². The van der Waals surface area contributed by atoms with Crippen molar-refractivity contribution in [2.24, 2.45) is 5.73 Å². The third kappa shape index (κ3) is 7.63. The highest BCUT2D eigenvalue weighted by Gasteiger charge is 2.23. The van der Waals surface area contributed by atoms with Crippen LogP contribution in [-0.2, 0) is 4.79 Å². The minimum absolute atomic E-state index is 0.0869. The zero-order valence-electron chi connectivity index (χ0n) is 9.75. The standard InChI is InChI=1S/C5H10O5.C4H11NO3/c6-1-3(8)5(10)4(9)2-7;5-4(1-6,2-7)3-8/h1,3-5,7-10H,2H2;6-8H,1-3,5H2/t3-,4-,5+;/m1./s1. The van der Waals surface area contributed by atoms with E-state index in [0.29, 0.717) is 0 Å². The highest BCUT2D eigenvalue weighted by atomic mass is 16.4. The third-order valence-electron chi connectivity index (χ3n) is 2.02.